The number of urea groups is 1. The molecule has 2 aromatic carbocycles. The maximum atomic E-state index is 13.7. The van der Waals surface area contributed by atoms with E-state index in [1.54, 1.807) is 29.6 Å². The lowest BCUT2D eigenvalue weighted by molar-refractivity contribution is -0.131. The molecule has 1 aromatic heterocycles. The molecule has 0 saturated carbocycles. The molecular formula is C22H18F2N4O3S. The summed E-state index contributed by atoms with van der Waals surface area (Å²) in [7, 11) is 0. The Kier molecular flexibility index (Phi) is 5.47. The van der Waals surface area contributed by atoms with E-state index in [2.05, 4.69) is 10.3 Å². The molecule has 0 bridgehead atoms. The standard InChI is InChI=1S/C22H18F2N4O3S/c1-13(29)28(16-6-4-3-5-7-16)21-25-15(12-32-21)11-27-19(30)22(2,26-20(27)31)14-8-9-17(23)18(24)10-14/h3-10,12H,11H2,1-2H3,(H,26,31)/t22-/m1/s1. The van der Waals surface area contributed by atoms with Crippen molar-refractivity contribution in [1.82, 2.24) is 15.2 Å². The van der Waals surface area contributed by atoms with Gasteiger partial charge in [-0.25, -0.2) is 18.6 Å². The number of halogens is 2. The number of nitrogens with zero attached hydrogens (tertiary/aromatic N) is 3. The molecular weight excluding hydrogens is 438 g/mol. The van der Waals surface area contributed by atoms with Gasteiger partial charge >= 0.3 is 6.03 Å². The molecule has 1 saturated heterocycles. The number of para-hydroxylation sites is 1. The van der Waals surface area contributed by atoms with Crippen LogP contribution in [0.3, 0.4) is 0 Å². The predicted octanol–water partition coefficient (Wildman–Crippen LogP) is 4.07. The number of anilines is 2. The molecule has 0 radical (unpaired) electrons. The Labute approximate surface area is 186 Å². The van der Waals surface area contributed by atoms with E-state index in [0.29, 0.717) is 16.5 Å². The number of amides is 4. The quantitative estimate of drug-likeness (QED) is 0.587. The normalized spacial score (nSPS) is 18.1. The molecule has 10 heteroatoms. The third-order valence-corrected chi connectivity index (χ3v) is 6.03. The molecule has 1 fully saturated rings. The lowest BCUT2D eigenvalue weighted by Crippen LogP contribution is -2.41. The van der Waals surface area contributed by atoms with Gasteiger partial charge in [0.25, 0.3) is 5.91 Å². The highest BCUT2D eigenvalue weighted by molar-refractivity contribution is 7.14. The van der Waals surface area contributed by atoms with E-state index in [1.807, 2.05) is 6.07 Å². The highest BCUT2D eigenvalue weighted by atomic mass is 32.1. The topological polar surface area (TPSA) is 82.6 Å². The average molecular weight is 456 g/mol. The fourth-order valence-corrected chi connectivity index (χ4v) is 4.36. The fraction of sp³-hybridized carbons (Fsp3) is 0.182. The molecule has 164 valence electrons. The number of hydrogen-bond acceptors (Lipinski definition) is 5. The molecule has 4 rings (SSSR count). The Morgan fingerprint density at radius 1 is 1.16 bits per heavy atom. The number of hydrogen-bond donors (Lipinski definition) is 1. The van der Waals surface area contributed by atoms with Crippen molar-refractivity contribution in [3.8, 4) is 0 Å². The van der Waals surface area contributed by atoms with Crippen molar-refractivity contribution in [2.45, 2.75) is 25.9 Å². The van der Waals surface area contributed by atoms with E-state index >= 15 is 0 Å². The zero-order valence-electron chi connectivity index (χ0n) is 17.1. The third kappa shape index (κ3) is 3.73. The smallest absolute Gasteiger partial charge is 0.319 e. The fourth-order valence-electron chi connectivity index (χ4n) is 3.48. The van der Waals surface area contributed by atoms with Gasteiger partial charge in [0.2, 0.25) is 5.91 Å². The van der Waals surface area contributed by atoms with Crippen LogP contribution in [-0.4, -0.2) is 27.7 Å². The summed E-state index contributed by atoms with van der Waals surface area (Å²) in [5, 5.41) is 4.60. The van der Waals surface area contributed by atoms with Gasteiger partial charge in [0, 0.05) is 12.3 Å². The van der Waals surface area contributed by atoms with E-state index < -0.39 is 29.1 Å². The Bertz CT molecular complexity index is 1220. The van der Waals surface area contributed by atoms with Crippen molar-refractivity contribution in [1.29, 1.82) is 0 Å². The van der Waals surface area contributed by atoms with Crippen LogP contribution >= 0.6 is 11.3 Å². The van der Waals surface area contributed by atoms with Crippen LogP contribution in [0.15, 0.2) is 53.9 Å². The number of carbonyl (C=O) groups excluding carboxylic acids is 3. The number of imide groups is 1. The minimum atomic E-state index is -1.54. The van der Waals surface area contributed by atoms with E-state index in [1.165, 1.54) is 36.2 Å². The Balaban J connectivity index is 1.58. The van der Waals surface area contributed by atoms with E-state index in [4.69, 9.17) is 0 Å². The average Bonchev–Trinajstić information content (AvgIpc) is 3.29. The lowest BCUT2D eigenvalue weighted by atomic mass is 9.92. The molecule has 4 amide bonds. The highest BCUT2D eigenvalue weighted by Crippen LogP contribution is 2.32. The summed E-state index contributed by atoms with van der Waals surface area (Å²) in [5.74, 6) is -3.01. The van der Waals surface area contributed by atoms with Crippen molar-refractivity contribution in [2.24, 2.45) is 0 Å². The first-order valence-corrected chi connectivity index (χ1v) is 10.5. The van der Waals surface area contributed by atoms with Gasteiger partial charge in [-0.2, -0.15) is 0 Å². The number of rotatable bonds is 5. The zero-order chi connectivity index (χ0) is 23.0. The Hall–Kier alpha value is -3.66. The van der Waals surface area contributed by atoms with E-state index in [0.717, 1.165) is 17.0 Å². The van der Waals surface area contributed by atoms with Gasteiger partial charge in [0.05, 0.1) is 17.9 Å². The molecule has 1 aliphatic rings. The van der Waals surface area contributed by atoms with Crippen LogP contribution in [0.4, 0.5) is 24.4 Å². The van der Waals surface area contributed by atoms with Crippen LogP contribution < -0.4 is 10.2 Å². The molecule has 2 heterocycles. The van der Waals surface area contributed by atoms with Crippen molar-refractivity contribution >= 4 is 40.0 Å². The van der Waals surface area contributed by atoms with Gasteiger partial charge in [-0.05, 0) is 36.8 Å². The molecule has 1 aliphatic heterocycles. The largest absolute Gasteiger partial charge is 0.325 e. The first-order valence-electron chi connectivity index (χ1n) is 9.60. The van der Waals surface area contributed by atoms with Gasteiger partial charge in [-0.3, -0.25) is 19.4 Å². The lowest BCUT2D eigenvalue weighted by Gasteiger charge is -2.22. The number of thiazole rings is 1. The van der Waals surface area contributed by atoms with Crippen molar-refractivity contribution in [2.75, 3.05) is 4.90 Å². The van der Waals surface area contributed by atoms with Crippen LogP contribution in [0.2, 0.25) is 0 Å². The van der Waals surface area contributed by atoms with Crippen molar-refractivity contribution in [3.05, 3.63) is 76.8 Å². The molecule has 1 atom stereocenters. The predicted molar refractivity (Wildman–Crippen MR) is 114 cm³/mol. The Morgan fingerprint density at radius 2 is 1.88 bits per heavy atom. The van der Waals surface area contributed by atoms with Gasteiger partial charge in [0.15, 0.2) is 16.8 Å². The summed E-state index contributed by atoms with van der Waals surface area (Å²) in [6.45, 7) is 2.71. The van der Waals surface area contributed by atoms with Crippen LogP contribution in [0.1, 0.15) is 25.1 Å². The van der Waals surface area contributed by atoms with Gasteiger partial charge < -0.3 is 5.32 Å². The number of aromatic nitrogens is 1. The number of benzene rings is 2. The van der Waals surface area contributed by atoms with E-state index in [9.17, 15) is 23.2 Å². The second kappa shape index (κ2) is 8.12. The second-order valence-electron chi connectivity index (χ2n) is 7.39. The molecule has 0 aliphatic carbocycles. The molecule has 32 heavy (non-hydrogen) atoms. The third-order valence-electron chi connectivity index (χ3n) is 5.15. The second-order valence-corrected chi connectivity index (χ2v) is 8.22. The van der Waals surface area contributed by atoms with Crippen LogP contribution in [0, 0.1) is 11.6 Å². The van der Waals surface area contributed by atoms with Crippen LogP contribution in [0.5, 0.6) is 0 Å². The van der Waals surface area contributed by atoms with Gasteiger partial charge in [-0.1, -0.05) is 24.3 Å². The molecule has 0 unspecified atom stereocenters. The first kappa shape index (κ1) is 21.6. The molecule has 1 N–H and O–H groups in total. The van der Waals surface area contributed by atoms with E-state index in [-0.39, 0.29) is 18.0 Å². The minimum Gasteiger partial charge on any atom is -0.319 e. The Morgan fingerprint density at radius 3 is 2.53 bits per heavy atom. The molecule has 7 nitrogen and oxygen atoms in total. The first-order chi connectivity index (χ1) is 15.2. The molecule has 3 aromatic rings. The maximum Gasteiger partial charge on any atom is 0.325 e. The van der Waals surface area contributed by atoms with Crippen LogP contribution in [-0.2, 0) is 21.7 Å². The number of carbonyl (C=O) groups is 3. The monoisotopic (exact) mass is 456 g/mol. The summed E-state index contributed by atoms with van der Waals surface area (Å²) in [6.07, 6.45) is 0. The maximum absolute atomic E-state index is 13.7. The van der Waals surface area contributed by atoms with Crippen molar-refractivity contribution < 1.29 is 23.2 Å². The number of nitrogens with one attached hydrogen (secondary N) is 1. The SMILES string of the molecule is CC(=O)N(c1ccccc1)c1nc(CN2C(=O)N[C@](C)(c3ccc(F)c(F)c3)C2=O)cs1. The molecule has 0 spiro atoms. The summed E-state index contributed by atoms with van der Waals surface area (Å²) in [6, 6.07) is 11.3. The summed E-state index contributed by atoms with van der Waals surface area (Å²) in [5.41, 5.74) is -0.366. The van der Waals surface area contributed by atoms with Crippen molar-refractivity contribution in [3.63, 3.8) is 0 Å². The zero-order valence-corrected chi connectivity index (χ0v) is 18.0. The van der Waals surface area contributed by atoms with Gasteiger partial charge in [-0.15, -0.1) is 11.3 Å². The van der Waals surface area contributed by atoms with Crippen LogP contribution in [0.25, 0.3) is 0 Å². The summed E-state index contributed by atoms with van der Waals surface area (Å²) in [4.78, 5) is 44.6. The summed E-state index contributed by atoms with van der Waals surface area (Å²) < 4.78 is 27.0. The minimum absolute atomic E-state index is 0.128. The summed E-state index contributed by atoms with van der Waals surface area (Å²) >= 11 is 1.20. The van der Waals surface area contributed by atoms with Gasteiger partial charge in [0.1, 0.15) is 5.54 Å². The highest BCUT2D eigenvalue weighted by Gasteiger charge is 2.49.